The third-order valence-corrected chi connectivity index (χ3v) is 2.31. The number of halogens is 2. The zero-order valence-corrected chi connectivity index (χ0v) is 10.5. The normalized spacial score (nSPS) is 10.8. The van der Waals surface area contributed by atoms with Crippen LogP contribution in [0.3, 0.4) is 0 Å². The van der Waals surface area contributed by atoms with Crippen LogP contribution in [0.1, 0.15) is 25.6 Å². The van der Waals surface area contributed by atoms with Gasteiger partial charge in [0.1, 0.15) is 29.0 Å². The molecule has 100 valence electrons. The maximum atomic E-state index is 13.0. The van der Waals surface area contributed by atoms with E-state index >= 15 is 0 Å². The second-order valence-corrected chi connectivity index (χ2v) is 4.35. The van der Waals surface area contributed by atoms with Gasteiger partial charge in [0.05, 0.1) is 0 Å². The Bertz CT molecular complexity index is 582. The maximum Gasteiger partial charge on any atom is 0.224 e. The lowest BCUT2D eigenvalue weighted by Crippen LogP contribution is -2.03. The number of aromatic nitrogens is 2. The van der Waals surface area contributed by atoms with E-state index in [0.29, 0.717) is 5.82 Å². The molecule has 2 N–H and O–H groups in total. The van der Waals surface area contributed by atoms with Gasteiger partial charge in [0.25, 0.3) is 0 Å². The molecule has 0 aliphatic heterocycles. The second kappa shape index (κ2) is 5.17. The van der Waals surface area contributed by atoms with Gasteiger partial charge in [-0.2, -0.15) is 4.98 Å². The van der Waals surface area contributed by atoms with Crippen molar-refractivity contribution in [3.8, 4) is 11.6 Å². The summed E-state index contributed by atoms with van der Waals surface area (Å²) >= 11 is 0. The molecule has 0 aliphatic carbocycles. The molecule has 0 amide bonds. The molecule has 0 saturated heterocycles. The third-order valence-electron chi connectivity index (χ3n) is 2.31. The first-order valence-electron chi connectivity index (χ1n) is 5.72. The second-order valence-electron chi connectivity index (χ2n) is 4.35. The van der Waals surface area contributed by atoms with Crippen molar-refractivity contribution >= 4 is 5.82 Å². The van der Waals surface area contributed by atoms with Crippen molar-refractivity contribution < 1.29 is 13.5 Å². The quantitative estimate of drug-likeness (QED) is 0.925. The number of nitrogens with two attached hydrogens (primary N) is 1. The van der Waals surface area contributed by atoms with Gasteiger partial charge < -0.3 is 10.5 Å². The topological polar surface area (TPSA) is 61.0 Å². The summed E-state index contributed by atoms with van der Waals surface area (Å²) in [5, 5.41) is 0. The van der Waals surface area contributed by atoms with Crippen molar-refractivity contribution in [3.05, 3.63) is 41.7 Å². The van der Waals surface area contributed by atoms with Crippen molar-refractivity contribution in [1.82, 2.24) is 9.97 Å². The molecule has 0 spiro atoms. The highest BCUT2D eigenvalue weighted by molar-refractivity contribution is 5.36. The van der Waals surface area contributed by atoms with Gasteiger partial charge in [0.15, 0.2) is 0 Å². The van der Waals surface area contributed by atoms with E-state index in [4.69, 9.17) is 10.5 Å². The molecule has 0 atom stereocenters. The number of anilines is 1. The predicted octanol–water partition coefficient (Wildman–Crippen LogP) is 3.25. The van der Waals surface area contributed by atoms with Crippen LogP contribution in [0, 0.1) is 11.6 Å². The molecule has 0 saturated carbocycles. The van der Waals surface area contributed by atoms with Gasteiger partial charge in [-0.25, -0.2) is 13.8 Å². The molecule has 0 aliphatic rings. The average molecular weight is 265 g/mol. The number of hydrogen-bond acceptors (Lipinski definition) is 4. The molecule has 2 aromatic rings. The molecule has 4 nitrogen and oxygen atoms in total. The van der Waals surface area contributed by atoms with E-state index in [1.165, 1.54) is 6.07 Å². The Hall–Kier alpha value is -2.24. The van der Waals surface area contributed by atoms with E-state index in [2.05, 4.69) is 9.97 Å². The minimum absolute atomic E-state index is 0.0188. The monoisotopic (exact) mass is 265 g/mol. The number of hydrogen-bond donors (Lipinski definition) is 1. The van der Waals surface area contributed by atoms with Gasteiger partial charge in [-0.1, -0.05) is 13.8 Å². The Balaban J connectivity index is 2.32. The summed E-state index contributed by atoms with van der Waals surface area (Å²) in [6.45, 7) is 3.81. The fourth-order valence-corrected chi connectivity index (χ4v) is 1.48. The molecule has 2 rings (SSSR count). The summed E-state index contributed by atoms with van der Waals surface area (Å²) in [6.07, 6.45) is 0. The summed E-state index contributed by atoms with van der Waals surface area (Å²) in [7, 11) is 0. The van der Waals surface area contributed by atoms with Crippen molar-refractivity contribution in [2.24, 2.45) is 0 Å². The SMILES string of the molecule is CC(C)c1nc(N)cc(Oc2cc(F)cc(F)c2)n1. The number of nitrogen functional groups attached to an aromatic ring is 1. The molecule has 6 heteroatoms. The molecule has 1 aromatic carbocycles. The van der Waals surface area contributed by atoms with Crippen molar-refractivity contribution in [2.45, 2.75) is 19.8 Å². The van der Waals surface area contributed by atoms with Crippen LogP contribution >= 0.6 is 0 Å². The first-order chi connectivity index (χ1) is 8.94. The van der Waals surface area contributed by atoms with Crippen molar-refractivity contribution in [3.63, 3.8) is 0 Å². The summed E-state index contributed by atoms with van der Waals surface area (Å²) in [6, 6.07) is 4.29. The van der Waals surface area contributed by atoms with Crippen LogP contribution in [-0.2, 0) is 0 Å². The molecule has 0 radical (unpaired) electrons. The van der Waals surface area contributed by atoms with Crippen LogP contribution in [0.5, 0.6) is 11.6 Å². The minimum atomic E-state index is -0.721. The predicted molar refractivity (Wildman–Crippen MR) is 67.0 cm³/mol. The minimum Gasteiger partial charge on any atom is -0.439 e. The standard InChI is InChI=1S/C13H13F2N3O/c1-7(2)13-17-11(16)6-12(18-13)19-10-4-8(14)3-9(15)5-10/h3-7H,1-2H3,(H2,16,17,18). The highest BCUT2D eigenvalue weighted by Crippen LogP contribution is 2.24. The number of ether oxygens (including phenoxy) is 1. The van der Waals surface area contributed by atoms with Crippen LogP contribution in [0.15, 0.2) is 24.3 Å². The van der Waals surface area contributed by atoms with Crippen molar-refractivity contribution in [2.75, 3.05) is 5.73 Å². The van der Waals surface area contributed by atoms with Gasteiger partial charge in [-0.15, -0.1) is 0 Å². The summed E-state index contributed by atoms with van der Waals surface area (Å²) in [5.41, 5.74) is 5.63. The van der Waals surface area contributed by atoms with Crippen LogP contribution in [0.25, 0.3) is 0 Å². The van der Waals surface area contributed by atoms with Gasteiger partial charge in [-0.05, 0) is 0 Å². The van der Waals surface area contributed by atoms with Crippen LogP contribution in [-0.4, -0.2) is 9.97 Å². The third kappa shape index (κ3) is 3.37. The fourth-order valence-electron chi connectivity index (χ4n) is 1.48. The molecule has 1 heterocycles. The van der Waals surface area contributed by atoms with Gasteiger partial charge >= 0.3 is 0 Å². The molecule has 1 aromatic heterocycles. The summed E-state index contributed by atoms with van der Waals surface area (Å²) < 4.78 is 31.4. The van der Waals surface area contributed by atoms with Gasteiger partial charge in [-0.3, -0.25) is 0 Å². The van der Waals surface area contributed by atoms with Crippen LogP contribution in [0.2, 0.25) is 0 Å². The van der Waals surface area contributed by atoms with E-state index in [-0.39, 0.29) is 23.4 Å². The molecular weight excluding hydrogens is 252 g/mol. The molecule has 19 heavy (non-hydrogen) atoms. The largest absolute Gasteiger partial charge is 0.439 e. The summed E-state index contributed by atoms with van der Waals surface area (Å²) in [4.78, 5) is 8.18. The van der Waals surface area contributed by atoms with Crippen molar-refractivity contribution in [1.29, 1.82) is 0 Å². The number of rotatable bonds is 3. The zero-order chi connectivity index (χ0) is 14.0. The lowest BCUT2D eigenvalue weighted by atomic mass is 10.2. The molecular formula is C13H13F2N3O. The average Bonchev–Trinajstić information content (AvgIpc) is 2.26. The molecule has 0 fully saturated rings. The lowest BCUT2D eigenvalue weighted by molar-refractivity contribution is 0.447. The highest BCUT2D eigenvalue weighted by atomic mass is 19.1. The number of nitrogens with zero attached hydrogens (tertiary/aromatic N) is 2. The lowest BCUT2D eigenvalue weighted by Gasteiger charge is -2.09. The van der Waals surface area contributed by atoms with Gasteiger partial charge in [0, 0.05) is 30.2 Å². The fraction of sp³-hybridized carbons (Fsp3) is 0.231. The first kappa shape index (κ1) is 13.2. The maximum absolute atomic E-state index is 13.0. The van der Waals surface area contributed by atoms with E-state index in [0.717, 1.165) is 18.2 Å². The van der Waals surface area contributed by atoms with Crippen LogP contribution < -0.4 is 10.5 Å². The zero-order valence-electron chi connectivity index (χ0n) is 10.5. The molecule has 0 bridgehead atoms. The smallest absolute Gasteiger partial charge is 0.224 e. The van der Waals surface area contributed by atoms with E-state index < -0.39 is 11.6 Å². The Morgan fingerprint density at radius 2 is 1.68 bits per heavy atom. The Morgan fingerprint density at radius 1 is 1.05 bits per heavy atom. The molecule has 0 unspecified atom stereocenters. The van der Waals surface area contributed by atoms with E-state index in [1.807, 2.05) is 13.8 Å². The van der Waals surface area contributed by atoms with Crippen LogP contribution in [0.4, 0.5) is 14.6 Å². The highest BCUT2D eigenvalue weighted by Gasteiger charge is 2.09. The first-order valence-corrected chi connectivity index (χ1v) is 5.72. The Labute approximate surface area is 109 Å². The Morgan fingerprint density at radius 3 is 2.26 bits per heavy atom. The van der Waals surface area contributed by atoms with Gasteiger partial charge in [0.2, 0.25) is 5.88 Å². The Kier molecular flexibility index (Phi) is 3.59. The summed E-state index contributed by atoms with van der Waals surface area (Å²) in [5.74, 6) is -0.457. The van der Waals surface area contributed by atoms with E-state index in [1.54, 1.807) is 0 Å². The number of benzene rings is 1. The van der Waals surface area contributed by atoms with E-state index in [9.17, 15) is 8.78 Å².